The van der Waals surface area contributed by atoms with Gasteiger partial charge in [0.2, 0.25) is 10.0 Å². The Kier molecular flexibility index (Phi) is 4.61. The lowest BCUT2D eigenvalue weighted by Crippen LogP contribution is -2.24. The van der Waals surface area contributed by atoms with Crippen molar-refractivity contribution in [1.82, 2.24) is 0 Å². The molecular formula is C10H9F2NO6S. The Morgan fingerprint density at radius 1 is 1.30 bits per heavy atom. The van der Waals surface area contributed by atoms with E-state index in [4.69, 9.17) is 5.11 Å². The molecule has 0 radical (unpaired) electrons. The lowest BCUT2D eigenvalue weighted by molar-refractivity contribution is -0.137. The molecule has 1 aromatic rings. The van der Waals surface area contributed by atoms with Crippen molar-refractivity contribution in [3.8, 4) is 0 Å². The highest BCUT2D eigenvalue weighted by molar-refractivity contribution is 7.93. The minimum Gasteiger partial charge on any atom is -0.478 e. The van der Waals surface area contributed by atoms with Gasteiger partial charge in [-0.2, -0.15) is 0 Å². The van der Waals surface area contributed by atoms with Crippen LogP contribution in [0.25, 0.3) is 0 Å². The molecule has 0 saturated carbocycles. The van der Waals surface area contributed by atoms with Gasteiger partial charge in [-0.15, -0.1) is 0 Å². The van der Waals surface area contributed by atoms with Gasteiger partial charge < -0.3 is 9.84 Å². The maximum atomic E-state index is 13.4. The highest BCUT2D eigenvalue weighted by Gasteiger charge is 2.21. The minimum absolute atomic E-state index is 0.222. The number of hydrogen-bond acceptors (Lipinski definition) is 5. The maximum absolute atomic E-state index is 13.4. The molecule has 10 heteroatoms. The van der Waals surface area contributed by atoms with Gasteiger partial charge in [0, 0.05) is 6.07 Å². The minimum atomic E-state index is -4.30. The number of methoxy groups -OCH3 is 1. The van der Waals surface area contributed by atoms with E-state index in [1.165, 1.54) is 0 Å². The predicted molar refractivity (Wildman–Crippen MR) is 62.7 cm³/mol. The zero-order valence-electron chi connectivity index (χ0n) is 10.0. The van der Waals surface area contributed by atoms with Crippen LogP contribution in [-0.2, 0) is 19.6 Å². The molecule has 0 bridgehead atoms. The van der Waals surface area contributed by atoms with Gasteiger partial charge in [0.05, 0.1) is 18.4 Å². The molecule has 0 heterocycles. The number of carboxylic acid groups (broad SMARTS) is 1. The van der Waals surface area contributed by atoms with Crippen LogP contribution >= 0.6 is 0 Å². The number of halogens is 2. The number of sulfonamides is 1. The Labute approximate surface area is 112 Å². The van der Waals surface area contributed by atoms with E-state index in [9.17, 15) is 26.8 Å². The summed E-state index contributed by atoms with van der Waals surface area (Å²) in [6.07, 6.45) is 0. The molecule has 2 N–H and O–H groups in total. The second-order valence-corrected chi connectivity index (χ2v) is 5.28. The van der Waals surface area contributed by atoms with Gasteiger partial charge in [-0.05, 0) is 6.07 Å². The van der Waals surface area contributed by atoms with Crippen molar-refractivity contribution in [2.75, 3.05) is 17.6 Å². The Bertz CT molecular complexity index is 658. The van der Waals surface area contributed by atoms with Crippen LogP contribution in [0, 0.1) is 11.6 Å². The molecule has 110 valence electrons. The molecule has 0 aliphatic heterocycles. The molecule has 20 heavy (non-hydrogen) atoms. The fraction of sp³-hybridized carbons (Fsp3) is 0.200. The van der Waals surface area contributed by atoms with Crippen LogP contribution in [0.1, 0.15) is 10.4 Å². The van der Waals surface area contributed by atoms with Gasteiger partial charge in [-0.3, -0.25) is 9.52 Å². The molecule has 7 nitrogen and oxygen atoms in total. The van der Waals surface area contributed by atoms with E-state index in [-0.39, 0.29) is 6.07 Å². The van der Waals surface area contributed by atoms with Gasteiger partial charge in [0.1, 0.15) is 11.6 Å². The molecule has 0 saturated heterocycles. The summed E-state index contributed by atoms with van der Waals surface area (Å²) in [7, 11) is -3.35. The SMILES string of the molecule is COC(=O)CS(=O)(=O)Nc1cc(C(=O)O)c(F)cc1F. The molecule has 0 fully saturated rings. The largest absolute Gasteiger partial charge is 0.478 e. The van der Waals surface area contributed by atoms with Crippen molar-refractivity contribution in [3.05, 3.63) is 29.3 Å². The van der Waals surface area contributed by atoms with Crippen molar-refractivity contribution in [1.29, 1.82) is 0 Å². The number of hydrogen-bond donors (Lipinski definition) is 2. The van der Waals surface area contributed by atoms with E-state index < -0.39 is 50.6 Å². The topological polar surface area (TPSA) is 110 Å². The first-order valence-corrected chi connectivity index (χ1v) is 6.61. The number of carboxylic acids is 1. The summed E-state index contributed by atoms with van der Waals surface area (Å²) in [4.78, 5) is 21.5. The molecule has 1 aromatic carbocycles. The van der Waals surface area contributed by atoms with Crippen LogP contribution in [0.4, 0.5) is 14.5 Å². The maximum Gasteiger partial charge on any atom is 0.338 e. The number of carbonyl (C=O) groups is 2. The Hall–Kier alpha value is -2.23. The Morgan fingerprint density at radius 3 is 2.40 bits per heavy atom. The van der Waals surface area contributed by atoms with Crippen LogP contribution in [0.15, 0.2) is 12.1 Å². The first-order chi connectivity index (χ1) is 9.16. The lowest BCUT2D eigenvalue weighted by atomic mass is 10.2. The number of carbonyl (C=O) groups excluding carboxylic acids is 1. The van der Waals surface area contributed by atoms with E-state index in [0.29, 0.717) is 6.07 Å². The summed E-state index contributed by atoms with van der Waals surface area (Å²) in [5.41, 5.74) is -1.70. The Morgan fingerprint density at radius 2 is 1.90 bits per heavy atom. The average molecular weight is 309 g/mol. The van der Waals surface area contributed by atoms with Crippen LogP contribution in [0.2, 0.25) is 0 Å². The van der Waals surface area contributed by atoms with Crippen molar-refractivity contribution in [2.24, 2.45) is 0 Å². The molecule has 0 spiro atoms. The van der Waals surface area contributed by atoms with Crippen LogP contribution < -0.4 is 4.72 Å². The van der Waals surface area contributed by atoms with E-state index in [1.807, 2.05) is 0 Å². The summed E-state index contributed by atoms with van der Waals surface area (Å²) < 4.78 is 55.2. The Balaban J connectivity index is 3.12. The number of rotatable bonds is 5. The predicted octanol–water partition coefficient (Wildman–Crippen LogP) is 0.578. The lowest BCUT2D eigenvalue weighted by Gasteiger charge is -2.09. The third kappa shape index (κ3) is 3.88. The van der Waals surface area contributed by atoms with Crippen molar-refractivity contribution in [3.63, 3.8) is 0 Å². The first-order valence-electron chi connectivity index (χ1n) is 4.96. The summed E-state index contributed by atoms with van der Waals surface area (Å²) in [5, 5.41) is 8.65. The van der Waals surface area contributed by atoms with Crippen molar-refractivity contribution >= 4 is 27.6 Å². The normalized spacial score (nSPS) is 10.9. The highest BCUT2D eigenvalue weighted by Crippen LogP contribution is 2.20. The molecular weight excluding hydrogens is 300 g/mol. The number of nitrogens with one attached hydrogen (secondary N) is 1. The second kappa shape index (κ2) is 5.82. The third-order valence-electron chi connectivity index (χ3n) is 2.09. The van der Waals surface area contributed by atoms with E-state index in [2.05, 4.69) is 4.74 Å². The first kappa shape index (κ1) is 15.8. The highest BCUT2D eigenvalue weighted by atomic mass is 32.2. The smallest absolute Gasteiger partial charge is 0.338 e. The van der Waals surface area contributed by atoms with Crippen LogP contribution in [0.3, 0.4) is 0 Å². The van der Waals surface area contributed by atoms with E-state index in [1.54, 1.807) is 4.72 Å². The standard InChI is InChI=1S/C10H9F2NO6S/c1-19-9(14)4-20(17,18)13-8-2-5(10(15)16)6(11)3-7(8)12/h2-3,13H,4H2,1H3,(H,15,16). The molecule has 0 aromatic heterocycles. The summed E-state index contributed by atoms with van der Waals surface area (Å²) >= 11 is 0. The number of esters is 1. The number of benzene rings is 1. The number of ether oxygens (including phenoxy) is 1. The molecule has 0 unspecified atom stereocenters. The van der Waals surface area contributed by atoms with Gasteiger partial charge in [-0.25, -0.2) is 22.0 Å². The molecule has 0 amide bonds. The van der Waals surface area contributed by atoms with Gasteiger partial charge in [0.25, 0.3) is 0 Å². The zero-order chi connectivity index (χ0) is 15.5. The summed E-state index contributed by atoms with van der Waals surface area (Å²) in [6, 6.07) is 0.696. The number of anilines is 1. The van der Waals surface area contributed by atoms with Gasteiger partial charge >= 0.3 is 11.9 Å². The van der Waals surface area contributed by atoms with E-state index >= 15 is 0 Å². The van der Waals surface area contributed by atoms with Gasteiger partial charge in [0.15, 0.2) is 5.75 Å². The summed E-state index contributed by atoms with van der Waals surface area (Å²) in [6.45, 7) is 0. The van der Waals surface area contributed by atoms with Crippen LogP contribution in [-0.4, -0.2) is 38.3 Å². The fourth-order valence-corrected chi connectivity index (χ4v) is 2.20. The monoisotopic (exact) mass is 309 g/mol. The summed E-state index contributed by atoms with van der Waals surface area (Å²) in [5.74, 6) is -6.57. The molecule has 0 aliphatic rings. The number of aromatic carboxylic acids is 1. The zero-order valence-corrected chi connectivity index (χ0v) is 10.8. The fourth-order valence-electron chi connectivity index (χ4n) is 1.21. The molecule has 1 rings (SSSR count). The third-order valence-corrected chi connectivity index (χ3v) is 3.23. The van der Waals surface area contributed by atoms with E-state index in [0.717, 1.165) is 7.11 Å². The second-order valence-electron chi connectivity index (χ2n) is 3.55. The van der Waals surface area contributed by atoms with Crippen molar-refractivity contribution in [2.45, 2.75) is 0 Å². The van der Waals surface area contributed by atoms with Crippen molar-refractivity contribution < 1.29 is 36.6 Å². The average Bonchev–Trinajstić information content (AvgIpc) is 2.31. The molecule has 0 atom stereocenters. The van der Waals surface area contributed by atoms with Gasteiger partial charge in [-0.1, -0.05) is 0 Å². The quantitative estimate of drug-likeness (QED) is 0.770. The van der Waals surface area contributed by atoms with Crippen LogP contribution in [0.5, 0.6) is 0 Å². The molecule has 0 aliphatic carbocycles.